The summed E-state index contributed by atoms with van der Waals surface area (Å²) in [6.45, 7) is 1.69. The number of halogens is 3. The molecule has 0 spiro atoms. The van der Waals surface area contributed by atoms with Crippen molar-refractivity contribution in [2.24, 2.45) is 0 Å². The standard InChI is InChI=1S/C12H17F3N4/c1-16-10-3-5-19(7-10)11-6-9(17-8-18-11)2-4-12(13,14)15/h6,8,10,16H,2-5,7H2,1H3/t10-/m1/s1. The molecule has 0 radical (unpaired) electrons. The summed E-state index contributed by atoms with van der Waals surface area (Å²) in [4.78, 5) is 10.1. The van der Waals surface area contributed by atoms with Gasteiger partial charge >= 0.3 is 6.18 Å². The van der Waals surface area contributed by atoms with E-state index in [0.29, 0.717) is 17.6 Å². The van der Waals surface area contributed by atoms with Crippen LogP contribution in [0.3, 0.4) is 0 Å². The average molecular weight is 274 g/mol. The normalized spacial score (nSPS) is 20.0. The molecular formula is C12H17F3N4. The van der Waals surface area contributed by atoms with Gasteiger partial charge < -0.3 is 10.2 Å². The maximum absolute atomic E-state index is 12.2. The van der Waals surface area contributed by atoms with Gasteiger partial charge in [0.05, 0.1) is 0 Å². The molecule has 1 aliphatic rings. The maximum atomic E-state index is 12.2. The van der Waals surface area contributed by atoms with Gasteiger partial charge in [-0.15, -0.1) is 0 Å². The number of aryl methyl sites for hydroxylation is 1. The van der Waals surface area contributed by atoms with Crippen LogP contribution < -0.4 is 10.2 Å². The van der Waals surface area contributed by atoms with E-state index in [2.05, 4.69) is 20.2 Å². The van der Waals surface area contributed by atoms with Crippen molar-refractivity contribution in [2.45, 2.75) is 31.5 Å². The first-order valence-electron chi connectivity index (χ1n) is 6.28. The van der Waals surface area contributed by atoms with Crippen LogP contribution in [0.15, 0.2) is 12.4 Å². The molecule has 1 atom stereocenters. The second-order valence-electron chi connectivity index (χ2n) is 4.70. The second-order valence-corrected chi connectivity index (χ2v) is 4.70. The summed E-state index contributed by atoms with van der Waals surface area (Å²) in [6, 6.07) is 2.07. The van der Waals surface area contributed by atoms with E-state index in [4.69, 9.17) is 0 Å². The first-order valence-corrected chi connectivity index (χ1v) is 6.28. The smallest absolute Gasteiger partial charge is 0.355 e. The molecule has 1 saturated heterocycles. The molecule has 1 aliphatic heterocycles. The van der Waals surface area contributed by atoms with E-state index in [1.54, 1.807) is 6.07 Å². The van der Waals surface area contributed by atoms with E-state index in [9.17, 15) is 13.2 Å². The van der Waals surface area contributed by atoms with Gasteiger partial charge in [0, 0.05) is 37.3 Å². The summed E-state index contributed by atoms with van der Waals surface area (Å²) in [5, 5.41) is 3.19. The predicted molar refractivity (Wildman–Crippen MR) is 66.1 cm³/mol. The highest BCUT2D eigenvalue weighted by atomic mass is 19.4. The fourth-order valence-corrected chi connectivity index (χ4v) is 2.17. The van der Waals surface area contributed by atoms with Crippen LogP contribution >= 0.6 is 0 Å². The molecule has 0 unspecified atom stereocenters. The van der Waals surface area contributed by atoms with Gasteiger partial charge in [-0.2, -0.15) is 13.2 Å². The summed E-state index contributed by atoms with van der Waals surface area (Å²) < 4.78 is 36.5. The van der Waals surface area contributed by atoms with Gasteiger partial charge in [0.1, 0.15) is 12.1 Å². The molecule has 0 saturated carbocycles. The molecule has 2 rings (SSSR count). The van der Waals surface area contributed by atoms with Crippen molar-refractivity contribution >= 4 is 5.82 Å². The van der Waals surface area contributed by atoms with Gasteiger partial charge in [-0.1, -0.05) is 0 Å². The van der Waals surface area contributed by atoms with E-state index in [1.165, 1.54) is 6.33 Å². The lowest BCUT2D eigenvalue weighted by Crippen LogP contribution is -2.29. The zero-order chi connectivity index (χ0) is 13.9. The number of aromatic nitrogens is 2. The van der Waals surface area contributed by atoms with Crippen molar-refractivity contribution in [1.82, 2.24) is 15.3 Å². The second kappa shape index (κ2) is 5.73. The van der Waals surface area contributed by atoms with E-state index >= 15 is 0 Å². The Labute approximate surface area is 110 Å². The first kappa shape index (κ1) is 14.0. The van der Waals surface area contributed by atoms with Gasteiger partial charge in [-0.3, -0.25) is 0 Å². The fraction of sp³-hybridized carbons (Fsp3) is 0.667. The lowest BCUT2D eigenvalue weighted by molar-refractivity contribution is -0.134. The molecule has 2 heterocycles. The monoisotopic (exact) mass is 274 g/mol. The summed E-state index contributed by atoms with van der Waals surface area (Å²) >= 11 is 0. The third-order valence-electron chi connectivity index (χ3n) is 3.29. The van der Waals surface area contributed by atoms with Crippen LogP contribution in [-0.2, 0) is 6.42 Å². The Bertz CT molecular complexity index is 422. The number of alkyl halides is 3. The molecule has 0 bridgehead atoms. The topological polar surface area (TPSA) is 41.0 Å². The quantitative estimate of drug-likeness (QED) is 0.908. The number of nitrogens with one attached hydrogen (secondary N) is 1. The van der Waals surface area contributed by atoms with Crippen LogP contribution in [0.1, 0.15) is 18.5 Å². The molecule has 106 valence electrons. The molecular weight excluding hydrogens is 257 g/mol. The van der Waals surface area contributed by atoms with Crippen molar-refractivity contribution < 1.29 is 13.2 Å². The van der Waals surface area contributed by atoms with Crippen LogP contribution in [0.5, 0.6) is 0 Å². The molecule has 1 fully saturated rings. The van der Waals surface area contributed by atoms with Crippen LogP contribution in [0, 0.1) is 0 Å². The molecule has 1 N–H and O–H groups in total. The van der Waals surface area contributed by atoms with Gasteiger partial charge in [0.2, 0.25) is 0 Å². The largest absolute Gasteiger partial charge is 0.389 e. The highest BCUT2D eigenvalue weighted by Crippen LogP contribution is 2.23. The van der Waals surface area contributed by atoms with Crippen LogP contribution in [0.2, 0.25) is 0 Å². The van der Waals surface area contributed by atoms with Crippen LogP contribution in [-0.4, -0.2) is 42.3 Å². The summed E-state index contributed by atoms with van der Waals surface area (Å²) in [5.74, 6) is 0.713. The molecule has 7 heteroatoms. The van der Waals surface area contributed by atoms with Gasteiger partial charge in [-0.25, -0.2) is 9.97 Å². The number of hydrogen-bond donors (Lipinski definition) is 1. The van der Waals surface area contributed by atoms with Crippen molar-refractivity contribution in [3.8, 4) is 0 Å². The Morgan fingerprint density at radius 3 is 2.84 bits per heavy atom. The SMILES string of the molecule is CN[C@@H]1CCN(c2cc(CCC(F)(F)F)ncn2)C1. The predicted octanol–water partition coefficient (Wildman–Crippen LogP) is 1.77. The van der Waals surface area contributed by atoms with Crippen molar-refractivity contribution in [3.63, 3.8) is 0 Å². The third-order valence-corrected chi connectivity index (χ3v) is 3.29. The zero-order valence-corrected chi connectivity index (χ0v) is 10.7. The first-order chi connectivity index (χ1) is 8.98. The minimum Gasteiger partial charge on any atom is -0.355 e. The number of likely N-dealkylation sites (N-methyl/N-ethyl adjacent to an activating group) is 1. The van der Waals surface area contributed by atoms with Crippen molar-refractivity contribution in [1.29, 1.82) is 0 Å². The van der Waals surface area contributed by atoms with E-state index in [-0.39, 0.29) is 6.42 Å². The number of rotatable bonds is 4. The van der Waals surface area contributed by atoms with Gasteiger partial charge in [-0.05, 0) is 19.9 Å². The Balaban J connectivity index is 1.99. The zero-order valence-electron chi connectivity index (χ0n) is 10.7. The van der Waals surface area contributed by atoms with E-state index in [0.717, 1.165) is 19.5 Å². The number of hydrogen-bond acceptors (Lipinski definition) is 4. The lowest BCUT2D eigenvalue weighted by Gasteiger charge is -2.17. The Kier molecular flexibility index (Phi) is 4.24. The summed E-state index contributed by atoms with van der Waals surface area (Å²) in [7, 11) is 1.91. The number of anilines is 1. The minimum atomic E-state index is -4.14. The molecule has 0 amide bonds. The minimum absolute atomic E-state index is 0.0949. The lowest BCUT2D eigenvalue weighted by atomic mass is 10.2. The van der Waals surface area contributed by atoms with Crippen LogP contribution in [0.25, 0.3) is 0 Å². The van der Waals surface area contributed by atoms with E-state index < -0.39 is 12.6 Å². The van der Waals surface area contributed by atoms with Gasteiger partial charge in [0.15, 0.2) is 0 Å². The van der Waals surface area contributed by atoms with Crippen molar-refractivity contribution in [3.05, 3.63) is 18.1 Å². The fourth-order valence-electron chi connectivity index (χ4n) is 2.17. The Morgan fingerprint density at radius 2 is 2.21 bits per heavy atom. The van der Waals surface area contributed by atoms with Crippen LogP contribution in [0.4, 0.5) is 19.0 Å². The molecule has 19 heavy (non-hydrogen) atoms. The molecule has 0 aromatic carbocycles. The van der Waals surface area contributed by atoms with Gasteiger partial charge in [0.25, 0.3) is 0 Å². The Hall–Kier alpha value is -1.37. The number of nitrogens with zero attached hydrogens (tertiary/aromatic N) is 3. The maximum Gasteiger partial charge on any atom is 0.389 e. The molecule has 1 aromatic heterocycles. The summed E-state index contributed by atoms with van der Waals surface area (Å²) in [6.07, 6.45) is -2.73. The Morgan fingerprint density at radius 1 is 1.42 bits per heavy atom. The average Bonchev–Trinajstić information content (AvgIpc) is 2.85. The van der Waals surface area contributed by atoms with Crippen molar-refractivity contribution in [2.75, 3.05) is 25.0 Å². The summed E-state index contributed by atoms with van der Waals surface area (Å²) in [5.41, 5.74) is 0.440. The highest BCUT2D eigenvalue weighted by molar-refractivity contribution is 5.40. The molecule has 1 aromatic rings. The third kappa shape index (κ3) is 4.05. The molecule has 4 nitrogen and oxygen atoms in total. The van der Waals surface area contributed by atoms with E-state index in [1.807, 2.05) is 7.05 Å². The molecule has 0 aliphatic carbocycles. The highest BCUT2D eigenvalue weighted by Gasteiger charge is 2.27.